The quantitative estimate of drug-likeness (QED) is 0.882. The van der Waals surface area contributed by atoms with Crippen LogP contribution in [0.15, 0.2) is 18.2 Å². The van der Waals surface area contributed by atoms with Crippen LogP contribution in [-0.4, -0.2) is 28.5 Å². The van der Waals surface area contributed by atoms with Gasteiger partial charge in [-0.2, -0.15) is 0 Å². The third-order valence-corrected chi connectivity index (χ3v) is 3.45. The normalized spacial score (nSPS) is 23.3. The van der Waals surface area contributed by atoms with Crippen molar-refractivity contribution in [1.82, 2.24) is 4.98 Å². The van der Waals surface area contributed by atoms with Crippen LogP contribution in [0.25, 0.3) is 0 Å². The number of pyridine rings is 1. The second-order valence-electron chi connectivity index (χ2n) is 4.80. The van der Waals surface area contributed by atoms with E-state index in [0.717, 1.165) is 0 Å². The van der Waals surface area contributed by atoms with Crippen molar-refractivity contribution >= 4 is 11.8 Å². The molecule has 1 fully saturated rings. The summed E-state index contributed by atoms with van der Waals surface area (Å²) in [5.41, 5.74) is -0.0220. The molecule has 0 unspecified atom stereocenters. The lowest BCUT2D eigenvalue weighted by molar-refractivity contribution is 0.0544. The molecule has 1 heterocycles. The van der Waals surface area contributed by atoms with Crippen LogP contribution in [-0.2, 0) is 0 Å². The Hall–Kier alpha value is -1.72. The van der Waals surface area contributed by atoms with Crippen molar-refractivity contribution in [1.29, 1.82) is 0 Å². The molecule has 0 atom stereocenters. The second-order valence-corrected chi connectivity index (χ2v) is 4.80. The monoisotopic (exact) mass is 270 g/mol. The number of halogens is 2. The Kier molecular flexibility index (Phi) is 4.29. The van der Waals surface area contributed by atoms with Crippen LogP contribution < -0.4 is 5.32 Å². The maximum Gasteiger partial charge on any atom is 0.354 e. The molecule has 4 nitrogen and oxygen atoms in total. The van der Waals surface area contributed by atoms with Gasteiger partial charge < -0.3 is 10.4 Å². The number of aromatic nitrogens is 1. The third kappa shape index (κ3) is 3.62. The Morgan fingerprint density at radius 2 is 2.00 bits per heavy atom. The Bertz CT molecular complexity index is 446. The molecule has 0 radical (unpaired) electrons. The van der Waals surface area contributed by atoms with Crippen molar-refractivity contribution in [3.8, 4) is 0 Å². The van der Waals surface area contributed by atoms with E-state index in [2.05, 4.69) is 10.3 Å². The van der Waals surface area contributed by atoms with E-state index in [1.165, 1.54) is 6.07 Å². The highest BCUT2D eigenvalue weighted by molar-refractivity contribution is 5.85. The summed E-state index contributed by atoms with van der Waals surface area (Å²) in [6, 6.07) is 4.81. The molecule has 1 aliphatic carbocycles. The van der Waals surface area contributed by atoms with Gasteiger partial charge in [0.15, 0.2) is 5.69 Å². The molecule has 0 amide bonds. The van der Waals surface area contributed by atoms with Gasteiger partial charge in [-0.3, -0.25) is 0 Å². The number of hydrogen-bond acceptors (Lipinski definition) is 3. The summed E-state index contributed by atoms with van der Waals surface area (Å²) in [5.74, 6) is -1.10. The van der Waals surface area contributed by atoms with Crippen LogP contribution in [0.1, 0.15) is 36.2 Å². The maximum atomic E-state index is 12.5. The van der Waals surface area contributed by atoms with Crippen molar-refractivity contribution in [3.05, 3.63) is 23.9 Å². The Labute approximate surface area is 109 Å². The zero-order valence-corrected chi connectivity index (χ0v) is 10.4. The second kappa shape index (κ2) is 5.95. The van der Waals surface area contributed by atoms with E-state index in [9.17, 15) is 13.6 Å². The van der Waals surface area contributed by atoms with E-state index in [1.54, 1.807) is 12.1 Å². The lowest BCUT2D eigenvalue weighted by atomic mass is 9.86. The highest BCUT2D eigenvalue weighted by atomic mass is 19.3. The fourth-order valence-corrected chi connectivity index (χ4v) is 2.36. The molecular formula is C13H16F2N2O2. The van der Waals surface area contributed by atoms with Crippen LogP contribution in [0, 0.1) is 5.92 Å². The van der Waals surface area contributed by atoms with Crippen LogP contribution >= 0.6 is 0 Å². The lowest BCUT2D eigenvalue weighted by Crippen LogP contribution is -2.29. The molecule has 19 heavy (non-hydrogen) atoms. The molecule has 0 aliphatic heterocycles. The average Bonchev–Trinajstić information content (AvgIpc) is 2.39. The number of hydrogen-bond donors (Lipinski definition) is 2. The molecule has 6 heteroatoms. The van der Waals surface area contributed by atoms with Gasteiger partial charge in [-0.1, -0.05) is 6.07 Å². The van der Waals surface area contributed by atoms with Crippen molar-refractivity contribution in [2.75, 3.05) is 5.32 Å². The average molecular weight is 270 g/mol. The number of anilines is 1. The van der Waals surface area contributed by atoms with Crippen LogP contribution in [0.3, 0.4) is 0 Å². The van der Waals surface area contributed by atoms with Gasteiger partial charge >= 0.3 is 5.97 Å². The smallest absolute Gasteiger partial charge is 0.354 e. The van der Waals surface area contributed by atoms with E-state index >= 15 is 0 Å². The molecule has 1 aliphatic rings. The van der Waals surface area contributed by atoms with E-state index in [4.69, 9.17) is 5.11 Å². The van der Waals surface area contributed by atoms with E-state index in [0.29, 0.717) is 31.5 Å². The molecule has 0 saturated heterocycles. The SMILES string of the molecule is O=C(O)c1cccc(NC2CCC(C(F)F)CC2)n1. The predicted octanol–water partition coefficient (Wildman–Crippen LogP) is 3.02. The largest absolute Gasteiger partial charge is 0.477 e. The summed E-state index contributed by atoms with van der Waals surface area (Å²) < 4.78 is 25.0. The number of carbonyl (C=O) groups is 1. The fraction of sp³-hybridized carbons (Fsp3) is 0.538. The zero-order valence-electron chi connectivity index (χ0n) is 10.4. The fourth-order valence-electron chi connectivity index (χ4n) is 2.36. The van der Waals surface area contributed by atoms with Gasteiger partial charge in [-0.05, 0) is 37.8 Å². The van der Waals surface area contributed by atoms with Gasteiger partial charge in [0.05, 0.1) is 0 Å². The van der Waals surface area contributed by atoms with Gasteiger partial charge in [0.25, 0.3) is 0 Å². The van der Waals surface area contributed by atoms with Crippen molar-refractivity contribution < 1.29 is 18.7 Å². The highest BCUT2D eigenvalue weighted by Crippen LogP contribution is 2.30. The first-order valence-corrected chi connectivity index (χ1v) is 6.31. The predicted molar refractivity (Wildman–Crippen MR) is 66.6 cm³/mol. The maximum absolute atomic E-state index is 12.5. The van der Waals surface area contributed by atoms with Gasteiger partial charge in [-0.25, -0.2) is 18.6 Å². The van der Waals surface area contributed by atoms with Crippen molar-refractivity contribution in [3.63, 3.8) is 0 Å². The summed E-state index contributed by atoms with van der Waals surface area (Å²) in [6.45, 7) is 0. The standard InChI is InChI=1S/C13H16F2N2O2/c14-12(15)8-4-6-9(7-5-8)16-11-3-1-2-10(17-11)13(18)19/h1-3,8-9,12H,4-7H2,(H,16,17)(H,18,19). The summed E-state index contributed by atoms with van der Waals surface area (Å²) in [7, 11) is 0. The third-order valence-electron chi connectivity index (χ3n) is 3.45. The zero-order chi connectivity index (χ0) is 13.8. The Balaban J connectivity index is 1.92. The minimum Gasteiger partial charge on any atom is -0.477 e. The number of aromatic carboxylic acids is 1. The number of alkyl halides is 2. The van der Waals surface area contributed by atoms with Crippen LogP contribution in [0.4, 0.5) is 14.6 Å². The molecule has 1 aromatic rings. The highest BCUT2D eigenvalue weighted by Gasteiger charge is 2.27. The number of carboxylic acid groups (broad SMARTS) is 1. The number of nitrogens with one attached hydrogen (secondary N) is 1. The first-order chi connectivity index (χ1) is 9.06. The number of nitrogens with zero attached hydrogens (tertiary/aromatic N) is 1. The number of rotatable bonds is 4. The molecule has 0 spiro atoms. The molecule has 2 N–H and O–H groups in total. The Morgan fingerprint density at radius 1 is 1.32 bits per heavy atom. The lowest BCUT2D eigenvalue weighted by Gasteiger charge is -2.28. The summed E-state index contributed by atoms with van der Waals surface area (Å²) in [4.78, 5) is 14.8. The molecule has 1 aromatic heterocycles. The molecule has 0 bridgehead atoms. The van der Waals surface area contributed by atoms with Crippen molar-refractivity contribution in [2.45, 2.75) is 38.2 Å². The Morgan fingerprint density at radius 3 is 2.58 bits per heavy atom. The van der Waals surface area contributed by atoms with Crippen LogP contribution in [0.2, 0.25) is 0 Å². The molecule has 2 rings (SSSR count). The van der Waals surface area contributed by atoms with Gasteiger partial charge in [-0.15, -0.1) is 0 Å². The minimum absolute atomic E-state index is 0.0220. The van der Waals surface area contributed by atoms with Gasteiger partial charge in [0, 0.05) is 12.0 Å². The van der Waals surface area contributed by atoms with E-state index < -0.39 is 18.3 Å². The first-order valence-electron chi connectivity index (χ1n) is 6.31. The number of carboxylic acids is 1. The summed E-state index contributed by atoms with van der Waals surface area (Å²) >= 11 is 0. The molecular weight excluding hydrogens is 254 g/mol. The summed E-state index contributed by atoms with van der Waals surface area (Å²) in [6.07, 6.45) is 0.0681. The molecule has 1 saturated carbocycles. The topological polar surface area (TPSA) is 62.2 Å². The molecule has 104 valence electrons. The van der Waals surface area contributed by atoms with Crippen LogP contribution in [0.5, 0.6) is 0 Å². The van der Waals surface area contributed by atoms with Gasteiger partial charge in [0.2, 0.25) is 6.43 Å². The first kappa shape index (κ1) is 13.7. The molecule has 0 aromatic carbocycles. The van der Waals surface area contributed by atoms with E-state index in [1.807, 2.05) is 0 Å². The summed E-state index contributed by atoms with van der Waals surface area (Å²) in [5, 5.41) is 12.0. The van der Waals surface area contributed by atoms with E-state index in [-0.39, 0.29) is 11.7 Å². The minimum atomic E-state index is -2.24. The van der Waals surface area contributed by atoms with Crippen molar-refractivity contribution in [2.24, 2.45) is 5.92 Å². The van der Waals surface area contributed by atoms with Gasteiger partial charge in [0.1, 0.15) is 5.82 Å².